The van der Waals surface area contributed by atoms with E-state index in [1.54, 1.807) is 6.07 Å². The summed E-state index contributed by atoms with van der Waals surface area (Å²) < 4.78 is 13.1. The fourth-order valence-corrected chi connectivity index (χ4v) is 3.50. The van der Waals surface area contributed by atoms with E-state index in [4.69, 9.17) is 0 Å². The quantitative estimate of drug-likeness (QED) is 0.765. The van der Waals surface area contributed by atoms with E-state index in [9.17, 15) is 4.39 Å². The normalized spacial score (nSPS) is 26.0. The molecule has 1 aromatic heterocycles. The number of rotatable bonds is 2. The summed E-state index contributed by atoms with van der Waals surface area (Å²) in [5, 5.41) is 0. The summed E-state index contributed by atoms with van der Waals surface area (Å²) in [5.41, 5.74) is 0. The molecular formula is C15H22FN3. The Morgan fingerprint density at radius 3 is 2.58 bits per heavy atom. The van der Waals surface area contributed by atoms with Crippen molar-refractivity contribution in [3.63, 3.8) is 0 Å². The number of halogens is 1. The smallest absolute Gasteiger partial charge is 0.214 e. The number of hydrogen-bond donors (Lipinski definition) is 0. The lowest BCUT2D eigenvalue weighted by Gasteiger charge is -2.39. The van der Waals surface area contributed by atoms with Crippen LogP contribution in [-0.4, -0.2) is 41.6 Å². The van der Waals surface area contributed by atoms with E-state index in [0.29, 0.717) is 6.04 Å². The molecule has 2 fully saturated rings. The van der Waals surface area contributed by atoms with Crippen molar-refractivity contribution in [2.75, 3.05) is 24.5 Å². The van der Waals surface area contributed by atoms with Gasteiger partial charge in [0.05, 0.1) is 0 Å². The largest absolute Gasteiger partial charge is 0.356 e. The van der Waals surface area contributed by atoms with Gasteiger partial charge in [0.25, 0.3) is 0 Å². The molecule has 2 aliphatic rings. The molecule has 2 saturated heterocycles. The standard InChI is InChI=1S/C15H22FN3/c1-12-4-3-9-19(12)13-7-10-18(11-8-13)15-6-2-5-14(16)17-15/h2,5-6,12-13H,3-4,7-11H2,1H3. The number of anilines is 1. The van der Waals surface area contributed by atoms with Crippen molar-refractivity contribution in [2.24, 2.45) is 0 Å². The van der Waals surface area contributed by atoms with Gasteiger partial charge in [-0.1, -0.05) is 6.07 Å². The highest BCUT2D eigenvalue weighted by Gasteiger charge is 2.30. The second-order valence-corrected chi connectivity index (χ2v) is 5.77. The Morgan fingerprint density at radius 1 is 1.16 bits per heavy atom. The molecule has 0 aromatic carbocycles. The van der Waals surface area contributed by atoms with Crippen LogP contribution in [0.5, 0.6) is 0 Å². The van der Waals surface area contributed by atoms with Crippen molar-refractivity contribution in [2.45, 2.75) is 44.7 Å². The highest BCUT2D eigenvalue weighted by molar-refractivity contribution is 5.38. The van der Waals surface area contributed by atoms with Gasteiger partial charge in [0.2, 0.25) is 5.95 Å². The van der Waals surface area contributed by atoms with Crippen LogP contribution in [-0.2, 0) is 0 Å². The average Bonchev–Trinajstić information content (AvgIpc) is 2.85. The topological polar surface area (TPSA) is 19.4 Å². The summed E-state index contributed by atoms with van der Waals surface area (Å²) in [6, 6.07) is 6.50. The van der Waals surface area contributed by atoms with Crippen LogP contribution in [0.4, 0.5) is 10.2 Å². The number of pyridine rings is 1. The highest BCUT2D eigenvalue weighted by Crippen LogP contribution is 2.27. The van der Waals surface area contributed by atoms with Crippen molar-refractivity contribution < 1.29 is 4.39 Å². The van der Waals surface area contributed by atoms with Crippen molar-refractivity contribution in [3.05, 3.63) is 24.1 Å². The molecule has 0 radical (unpaired) electrons. The van der Waals surface area contributed by atoms with Crippen LogP contribution in [0.25, 0.3) is 0 Å². The van der Waals surface area contributed by atoms with E-state index in [0.717, 1.165) is 24.9 Å². The summed E-state index contributed by atoms with van der Waals surface area (Å²) in [6.45, 7) is 5.58. The van der Waals surface area contributed by atoms with Gasteiger partial charge in [0.1, 0.15) is 5.82 Å². The molecule has 19 heavy (non-hydrogen) atoms. The zero-order valence-electron chi connectivity index (χ0n) is 11.6. The van der Waals surface area contributed by atoms with Gasteiger partial charge in [-0.2, -0.15) is 4.39 Å². The van der Waals surface area contributed by atoms with E-state index in [-0.39, 0.29) is 5.95 Å². The lowest BCUT2D eigenvalue weighted by molar-refractivity contribution is 0.163. The molecule has 1 atom stereocenters. The maximum atomic E-state index is 13.1. The molecule has 0 amide bonds. The Bertz CT molecular complexity index is 429. The number of likely N-dealkylation sites (tertiary alicyclic amines) is 1. The molecule has 3 heterocycles. The predicted molar refractivity (Wildman–Crippen MR) is 74.8 cm³/mol. The summed E-state index contributed by atoms with van der Waals surface area (Å²) in [5.74, 6) is 0.403. The number of hydrogen-bond acceptors (Lipinski definition) is 3. The van der Waals surface area contributed by atoms with Crippen molar-refractivity contribution >= 4 is 5.82 Å². The summed E-state index contributed by atoms with van der Waals surface area (Å²) in [4.78, 5) is 8.85. The molecule has 0 aliphatic carbocycles. The summed E-state index contributed by atoms with van der Waals surface area (Å²) in [6.07, 6.45) is 5.02. The van der Waals surface area contributed by atoms with E-state index in [1.807, 2.05) is 6.07 Å². The second kappa shape index (κ2) is 5.45. The van der Waals surface area contributed by atoms with Crippen molar-refractivity contribution in [3.8, 4) is 0 Å². The van der Waals surface area contributed by atoms with Crippen molar-refractivity contribution in [1.82, 2.24) is 9.88 Å². The molecule has 0 spiro atoms. The second-order valence-electron chi connectivity index (χ2n) is 5.77. The lowest BCUT2D eigenvalue weighted by atomic mass is 10.0. The number of piperidine rings is 1. The molecular weight excluding hydrogens is 241 g/mol. The lowest BCUT2D eigenvalue weighted by Crippen LogP contribution is -2.46. The minimum atomic E-state index is -0.382. The first-order chi connectivity index (χ1) is 9.24. The Balaban J connectivity index is 1.60. The number of nitrogens with zero attached hydrogens (tertiary/aromatic N) is 3. The highest BCUT2D eigenvalue weighted by atomic mass is 19.1. The first-order valence-electron chi connectivity index (χ1n) is 7.37. The fraction of sp³-hybridized carbons (Fsp3) is 0.667. The van der Waals surface area contributed by atoms with Gasteiger partial charge in [-0.3, -0.25) is 4.90 Å². The van der Waals surface area contributed by atoms with Crippen molar-refractivity contribution in [1.29, 1.82) is 0 Å². The van der Waals surface area contributed by atoms with E-state index in [1.165, 1.54) is 38.3 Å². The Hall–Kier alpha value is -1.16. The van der Waals surface area contributed by atoms with Crippen LogP contribution in [0.2, 0.25) is 0 Å². The van der Waals surface area contributed by atoms with Crippen LogP contribution in [0, 0.1) is 5.95 Å². The van der Waals surface area contributed by atoms with Gasteiger partial charge in [0.15, 0.2) is 0 Å². The molecule has 3 nitrogen and oxygen atoms in total. The van der Waals surface area contributed by atoms with Gasteiger partial charge in [0, 0.05) is 25.2 Å². The molecule has 2 aliphatic heterocycles. The molecule has 3 rings (SSSR count). The molecule has 104 valence electrons. The predicted octanol–water partition coefficient (Wildman–Crippen LogP) is 2.67. The Morgan fingerprint density at radius 2 is 1.95 bits per heavy atom. The van der Waals surface area contributed by atoms with E-state index >= 15 is 0 Å². The van der Waals surface area contributed by atoms with Gasteiger partial charge >= 0.3 is 0 Å². The third kappa shape index (κ3) is 2.73. The van der Waals surface area contributed by atoms with Gasteiger partial charge in [-0.25, -0.2) is 4.98 Å². The zero-order chi connectivity index (χ0) is 13.2. The molecule has 1 aromatic rings. The minimum absolute atomic E-state index is 0.382. The summed E-state index contributed by atoms with van der Waals surface area (Å²) >= 11 is 0. The van der Waals surface area contributed by atoms with Crippen LogP contribution < -0.4 is 4.90 Å². The molecule has 0 bridgehead atoms. The van der Waals surface area contributed by atoms with Gasteiger partial charge in [-0.15, -0.1) is 0 Å². The summed E-state index contributed by atoms with van der Waals surface area (Å²) in [7, 11) is 0. The molecule has 1 unspecified atom stereocenters. The Kier molecular flexibility index (Phi) is 3.69. The maximum absolute atomic E-state index is 13.1. The van der Waals surface area contributed by atoms with Crippen LogP contribution in [0.15, 0.2) is 18.2 Å². The monoisotopic (exact) mass is 263 g/mol. The first kappa shape index (κ1) is 12.9. The SMILES string of the molecule is CC1CCCN1C1CCN(c2cccc(F)n2)CC1. The van der Waals surface area contributed by atoms with E-state index in [2.05, 4.69) is 21.7 Å². The maximum Gasteiger partial charge on any atom is 0.214 e. The zero-order valence-corrected chi connectivity index (χ0v) is 11.6. The first-order valence-corrected chi connectivity index (χ1v) is 7.37. The minimum Gasteiger partial charge on any atom is -0.356 e. The molecule has 4 heteroatoms. The molecule has 0 saturated carbocycles. The Labute approximate surface area is 114 Å². The number of aromatic nitrogens is 1. The fourth-order valence-electron chi connectivity index (χ4n) is 3.50. The van der Waals surface area contributed by atoms with Gasteiger partial charge in [-0.05, 0) is 51.3 Å². The third-order valence-electron chi connectivity index (χ3n) is 4.56. The van der Waals surface area contributed by atoms with Crippen LogP contribution in [0.3, 0.4) is 0 Å². The van der Waals surface area contributed by atoms with Gasteiger partial charge < -0.3 is 4.90 Å². The average molecular weight is 263 g/mol. The molecule has 0 N–H and O–H groups in total. The van der Waals surface area contributed by atoms with E-state index < -0.39 is 0 Å². The van der Waals surface area contributed by atoms with Crippen LogP contribution >= 0.6 is 0 Å². The third-order valence-corrected chi connectivity index (χ3v) is 4.56. The van der Waals surface area contributed by atoms with Crippen LogP contribution in [0.1, 0.15) is 32.6 Å².